The van der Waals surface area contributed by atoms with Crippen molar-refractivity contribution >= 4 is 45.2 Å². The molecule has 0 saturated heterocycles. The van der Waals surface area contributed by atoms with Gasteiger partial charge in [-0.05, 0) is 13.3 Å². The van der Waals surface area contributed by atoms with Crippen LogP contribution >= 0.6 is 11.6 Å². The van der Waals surface area contributed by atoms with Crippen LogP contribution in [0.3, 0.4) is 0 Å². The third-order valence-corrected chi connectivity index (χ3v) is 5.83. The topological polar surface area (TPSA) is 86.3 Å². The number of benzene rings is 1. The molecule has 3 heterocycles. The average Bonchev–Trinajstić information content (AvgIpc) is 3.34. The first-order valence-electron chi connectivity index (χ1n) is 10.8. The number of nitrogens with zero attached hydrogens (tertiary/aromatic N) is 5. The van der Waals surface area contributed by atoms with Crippen LogP contribution in [0.5, 0.6) is 5.75 Å². The molecule has 188 valence electrons. The van der Waals surface area contributed by atoms with Gasteiger partial charge in [-0.3, -0.25) is 4.79 Å². The minimum atomic E-state index is -4.65. The second kappa shape index (κ2) is 8.81. The Bertz CT molecular complexity index is 1420. The van der Waals surface area contributed by atoms with Gasteiger partial charge in [0, 0.05) is 29.5 Å². The van der Waals surface area contributed by atoms with Gasteiger partial charge in [-0.25, -0.2) is 4.39 Å². The van der Waals surface area contributed by atoms with Crippen molar-refractivity contribution in [3.8, 4) is 5.75 Å². The minimum Gasteiger partial charge on any atom is -0.493 e. The Labute approximate surface area is 202 Å². The molecule has 1 atom stereocenters. The molecule has 0 fully saturated rings. The maximum Gasteiger partial charge on any atom is 0.408 e. The van der Waals surface area contributed by atoms with Gasteiger partial charge in [0.1, 0.15) is 34.7 Å². The highest BCUT2D eigenvalue weighted by atomic mass is 35.5. The van der Waals surface area contributed by atoms with Crippen molar-refractivity contribution in [3.63, 3.8) is 0 Å². The first kappa shape index (κ1) is 25.0. The van der Waals surface area contributed by atoms with Crippen molar-refractivity contribution in [1.29, 1.82) is 0 Å². The van der Waals surface area contributed by atoms with E-state index in [4.69, 9.17) is 16.3 Å². The van der Waals surface area contributed by atoms with Crippen LogP contribution in [0.25, 0.3) is 27.7 Å². The minimum absolute atomic E-state index is 0.00953. The Kier molecular flexibility index (Phi) is 6.28. The summed E-state index contributed by atoms with van der Waals surface area (Å²) < 4.78 is 64.5. The lowest BCUT2D eigenvalue weighted by Gasteiger charge is -2.20. The highest BCUT2D eigenvalue weighted by Gasteiger charge is 2.40. The molecule has 1 amide bonds. The molecule has 8 nitrogen and oxygen atoms in total. The van der Waals surface area contributed by atoms with Crippen LogP contribution in [0.2, 0.25) is 5.15 Å². The number of rotatable bonds is 6. The number of carbonyl (C=O) groups excluding carboxylic acids is 1. The van der Waals surface area contributed by atoms with E-state index in [-0.39, 0.29) is 51.1 Å². The number of hydrogen-bond donors (Lipinski definition) is 1. The first-order valence-corrected chi connectivity index (χ1v) is 11.2. The summed E-state index contributed by atoms with van der Waals surface area (Å²) in [7, 11) is 0. The number of alkyl halides is 3. The smallest absolute Gasteiger partial charge is 0.408 e. The van der Waals surface area contributed by atoms with Gasteiger partial charge in [0.2, 0.25) is 5.91 Å². The van der Waals surface area contributed by atoms with Crippen molar-refractivity contribution in [2.75, 3.05) is 13.2 Å². The molecule has 3 aromatic heterocycles. The summed E-state index contributed by atoms with van der Waals surface area (Å²) in [5.41, 5.74) is -0.700. The standard InChI is InChI=1S/C22H23ClF4N6O2/c1-11(22(25,26)27)32-14-9-12(35-7-5-6-28-19(34)21(2,3)4)8-13(24)15(14)16-17(23)31-20-29-10-30-33(20)18(16)32/h8-11H,5-7H2,1-4H3,(H,28,34). The quantitative estimate of drug-likeness (QED) is 0.220. The van der Waals surface area contributed by atoms with Crippen LogP contribution < -0.4 is 10.1 Å². The van der Waals surface area contributed by atoms with E-state index in [0.29, 0.717) is 13.0 Å². The van der Waals surface area contributed by atoms with Crippen LogP contribution in [-0.2, 0) is 4.79 Å². The third-order valence-electron chi connectivity index (χ3n) is 5.56. The van der Waals surface area contributed by atoms with Gasteiger partial charge < -0.3 is 14.6 Å². The number of nitrogens with one attached hydrogen (secondary N) is 1. The Balaban J connectivity index is 1.75. The van der Waals surface area contributed by atoms with E-state index in [9.17, 15) is 18.0 Å². The maximum absolute atomic E-state index is 15.3. The van der Waals surface area contributed by atoms with Crippen molar-refractivity contribution < 1.29 is 27.1 Å². The molecule has 0 saturated carbocycles. The van der Waals surface area contributed by atoms with E-state index < -0.39 is 23.5 Å². The van der Waals surface area contributed by atoms with Gasteiger partial charge in [-0.15, -0.1) is 0 Å². The second-order valence-corrected chi connectivity index (χ2v) is 9.53. The monoisotopic (exact) mass is 514 g/mol. The average molecular weight is 515 g/mol. The first-order chi connectivity index (χ1) is 16.3. The largest absolute Gasteiger partial charge is 0.493 e. The molecule has 1 unspecified atom stereocenters. The SMILES string of the molecule is CC(n1c2cc(OCCCNC(=O)C(C)(C)C)cc(F)c2c2c(Cl)nc3ncnn3c21)C(F)(F)F. The molecule has 1 N–H and O–H groups in total. The predicted octanol–water partition coefficient (Wildman–Crippen LogP) is 5.08. The summed E-state index contributed by atoms with van der Waals surface area (Å²) in [5, 5.41) is 6.41. The van der Waals surface area contributed by atoms with E-state index in [1.165, 1.54) is 6.07 Å². The number of halogens is 5. The van der Waals surface area contributed by atoms with Crippen LogP contribution in [0, 0.1) is 11.2 Å². The highest BCUT2D eigenvalue weighted by Crippen LogP contribution is 2.42. The van der Waals surface area contributed by atoms with Crippen LogP contribution in [0.1, 0.15) is 40.2 Å². The Hall–Kier alpha value is -3.15. The molecular formula is C22H23ClF4N6O2. The summed E-state index contributed by atoms with van der Waals surface area (Å²) in [6, 6.07) is 0.364. The van der Waals surface area contributed by atoms with E-state index in [0.717, 1.165) is 28.4 Å². The summed E-state index contributed by atoms with van der Waals surface area (Å²) in [6.07, 6.45) is -3.11. The lowest BCUT2D eigenvalue weighted by atomic mass is 9.96. The molecule has 0 aliphatic rings. The molecule has 4 aromatic rings. The zero-order chi connectivity index (χ0) is 25.7. The van der Waals surface area contributed by atoms with Crippen molar-refractivity contribution in [3.05, 3.63) is 29.4 Å². The number of hydrogen-bond acceptors (Lipinski definition) is 5. The van der Waals surface area contributed by atoms with Gasteiger partial charge >= 0.3 is 6.18 Å². The highest BCUT2D eigenvalue weighted by molar-refractivity contribution is 6.36. The summed E-state index contributed by atoms with van der Waals surface area (Å²) in [5.74, 6) is -0.926. The van der Waals surface area contributed by atoms with Crippen molar-refractivity contribution in [2.45, 2.75) is 46.3 Å². The number of carbonyl (C=O) groups is 1. The Morgan fingerprint density at radius 2 is 1.94 bits per heavy atom. The molecule has 35 heavy (non-hydrogen) atoms. The van der Waals surface area contributed by atoms with E-state index in [1.807, 2.05) is 0 Å². The number of ether oxygens (including phenoxy) is 1. The predicted molar refractivity (Wildman–Crippen MR) is 122 cm³/mol. The Morgan fingerprint density at radius 3 is 2.60 bits per heavy atom. The van der Waals surface area contributed by atoms with Crippen LogP contribution in [-0.4, -0.2) is 49.4 Å². The normalized spacial score (nSPS) is 13.6. The fourth-order valence-corrected chi connectivity index (χ4v) is 3.97. The third kappa shape index (κ3) is 4.58. The van der Waals surface area contributed by atoms with Gasteiger partial charge in [0.15, 0.2) is 0 Å². The molecule has 0 aliphatic heterocycles. The Morgan fingerprint density at radius 1 is 1.23 bits per heavy atom. The number of amides is 1. The van der Waals surface area contributed by atoms with E-state index in [1.54, 1.807) is 20.8 Å². The summed E-state index contributed by atoms with van der Waals surface area (Å²) in [6.45, 7) is 6.75. The molecule has 4 rings (SSSR count). The van der Waals surface area contributed by atoms with Crippen molar-refractivity contribution in [1.82, 2.24) is 29.5 Å². The lowest BCUT2D eigenvalue weighted by Crippen LogP contribution is -2.35. The summed E-state index contributed by atoms with van der Waals surface area (Å²) >= 11 is 6.27. The molecule has 13 heteroatoms. The lowest BCUT2D eigenvalue weighted by molar-refractivity contribution is -0.161. The van der Waals surface area contributed by atoms with Gasteiger partial charge in [-0.1, -0.05) is 32.4 Å². The summed E-state index contributed by atoms with van der Waals surface area (Å²) in [4.78, 5) is 19.9. The molecule has 0 spiro atoms. The maximum atomic E-state index is 15.3. The molecule has 0 aliphatic carbocycles. The van der Waals surface area contributed by atoms with Crippen LogP contribution in [0.4, 0.5) is 17.6 Å². The molecule has 1 aromatic carbocycles. The van der Waals surface area contributed by atoms with Crippen molar-refractivity contribution in [2.24, 2.45) is 5.41 Å². The van der Waals surface area contributed by atoms with E-state index in [2.05, 4.69) is 20.4 Å². The fourth-order valence-electron chi connectivity index (χ4n) is 3.71. The zero-order valence-corrected chi connectivity index (χ0v) is 20.1. The van der Waals surface area contributed by atoms with Gasteiger partial charge in [0.25, 0.3) is 5.78 Å². The fraction of sp³-hybridized carbons (Fsp3) is 0.455. The van der Waals surface area contributed by atoms with E-state index >= 15 is 4.39 Å². The molecule has 0 bridgehead atoms. The molecular weight excluding hydrogens is 492 g/mol. The second-order valence-electron chi connectivity index (χ2n) is 9.17. The number of fused-ring (bicyclic) bond motifs is 5. The van der Waals surface area contributed by atoms with Crippen LogP contribution in [0.15, 0.2) is 18.5 Å². The number of aromatic nitrogens is 5. The van der Waals surface area contributed by atoms with Gasteiger partial charge in [-0.2, -0.15) is 32.8 Å². The van der Waals surface area contributed by atoms with Gasteiger partial charge in [0.05, 0.1) is 17.5 Å². The zero-order valence-electron chi connectivity index (χ0n) is 19.4. The molecule has 0 radical (unpaired) electrons.